The first kappa shape index (κ1) is 36.3. The summed E-state index contributed by atoms with van der Waals surface area (Å²) in [5.41, 5.74) is 5.91. The average molecular weight is 745 g/mol. The molecule has 2 amide bonds. The van der Waals surface area contributed by atoms with Crippen LogP contribution in [-0.4, -0.2) is 38.3 Å². The van der Waals surface area contributed by atoms with Crippen LogP contribution in [0.1, 0.15) is 112 Å². The molecule has 2 aliphatic carbocycles. The molecule has 4 atom stereocenters. The highest BCUT2D eigenvalue weighted by atomic mass is 16.5. The van der Waals surface area contributed by atoms with Crippen LogP contribution in [-0.2, 0) is 16.8 Å². The fourth-order valence-electron chi connectivity index (χ4n) is 10.6. The van der Waals surface area contributed by atoms with Crippen molar-refractivity contribution in [3.05, 3.63) is 125 Å². The van der Waals surface area contributed by atoms with E-state index in [1.807, 2.05) is 78.9 Å². The molecule has 5 aromatic carbocycles. The van der Waals surface area contributed by atoms with E-state index in [0.29, 0.717) is 22.9 Å². The van der Waals surface area contributed by atoms with Gasteiger partial charge in [-0.2, -0.15) is 0 Å². The van der Waals surface area contributed by atoms with Gasteiger partial charge in [0, 0.05) is 45.8 Å². The van der Waals surface area contributed by atoms with Gasteiger partial charge in [-0.3, -0.25) is 9.59 Å². The number of carbonyl (C=O) groups excluding carboxylic acids is 2. The zero-order chi connectivity index (χ0) is 38.6. The molecule has 1 N–H and O–H groups in total. The van der Waals surface area contributed by atoms with Crippen molar-refractivity contribution in [3.8, 4) is 5.75 Å². The van der Waals surface area contributed by atoms with Crippen molar-refractivity contribution in [2.24, 2.45) is 11.8 Å². The molecule has 7 heteroatoms. The Morgan fingerprint density at radius 3 is 2.21 bits per heavy atom. The molecule has 0 bridgehead atoms. The molecule has 56 heavy (non-hydrogen) atoms. The maximum atomic E-state index is 15.1. The van der Waals surface area contributed by atoms with Gasteiger partial charge in [-0.1, -0.05) is 124 Å². The SMILES string of the molecule is C[C@H]1CC[C@@H]2C(C)(C)Oc3c(c4nc5cc(C(=O)N(Cc6ccccc6)C(C(=O)NC6CCCCC6)c6ccccc6)ccc5nc4c4ccccc34)[C@@]2(C)C1. The van der Waals surface area contributed by atoms with Crippen molar-refractivity contribution in [1.82, 2.24) is 20.2 Å². The summed E-state index contributed by atoms with van der Waals surface area (Å²) < 4.78 is 7.05. The third kappa shape index (κ3) is 6.39. The molecule has 0 spiro atoms. The van der Waals surface area contributed by atoms with E-state index in [2.05, 4.69) is 57.3 Å². The van der Waals surface area contributed by atoms with Gasteiger partial charge in [0.25, 0.3) is 5.91 Å². The predicted octanol–water partition coefficient (Wildman–Crippen LogP) is 10.6. The Balaban J connectivity index is 1.20. The smallest absolute Gasteiger partial charge is 0.255 e. The summed E-state index contributed by atoms with van der Waals surface area (Å²) in [5, 5.41) is 5.43. The van der Waals surface area contributed by atoms with Crippen LogP contribution in [0.3, 0.4) is 0 Å². The van der Waals surface area contributed by atoms with Gasteiger partial charge in [-0.15, -0.1) is 0 Å². The zero-order valence-electron chi connectivity index (χ0n) is 33.1. The Bertz CT molecular complexity index is 2440. The van der Waals surface area contributed by atoms with Crippen LogP contribution in [0.2, 0.25) is 0 Å². The second-order valence-electron chi connectivity index (χ2n) is 17.5. The highest BCUT2D eigenvalue weighted by Crippen LogP contribution is 2.59. The number of hydrogen-bond acceptors (Lipinski definition) is 5. The van der Waals surface area contributed by atoms with E-state index in [1.54, 1.807) is 4.90 Å². The van der Waals surface area contributed by atoms with E-state index in [1.165, 1.54) is 12.8 Å². The number of carbonyl (C=O) groups is 2. The molecule has 1 aliphatic heterocycles. The number of fused-ring (bicyclic) bond motifs is 9. The lowest BCUT2D eigenvalue weighted by Crippen LogP contribution is -2.55. The van der Waals surface area contributed by atoms with Gasteiger partial charge in [-0.25, -0.2) is 9.97 Å². The summed E-state index contributed by atoms with van der Waals surface area (Å²) in [6.45, 7) is 9.54. The largest absolute Gasteiger partial charge is 0.486 e. The predicted molar refractivity (Wildman–Crippen MR) is 224 cm³/mol. The Hall–Kier alpha value is -5.30. The summed E-state index contributed by atoms with van der Waals surface area (Å²) in [7, 11) is 0. The summed E-state index contributed by atoms with van der Waals surface area (Å²) in [4.78, 5) is 42.1. The molecule has 2 heterocycles. The first-order valence-electron chi connectivity index (χ1n) is 20.7. The molecule has 2 fully saturated rings. The maximum Gasteiger partial charge on any atom is 0.255 e. The van der Waals surface area contributed by atoms with E-state index in [-0.39, 0.29) is 35.4 Å². The summed E-state index contributed by atoms with van der Waals surface area (Å²) >= 11 is 0. The Labute approximate surface area is 329 Å². The van der Waals surface area contributed by atoms with Crippen LogP contribution in [0, 0.1) is 11.8 Å². The van der Waals surface area contributed by atoms with Gasteiger partial charge >= 0.3 is 0 Å². The Morgan fingerprint density at radius 1 is 0.786 bits per heavy atom. The minimum Gasteiger partial charge on any atom is -0.486 e. The van der Waals surface area contributed by atoms with E-state index in [0.717, 1.165) is 88.3 Å². The topological polar surface area (TPSA) is 84.4 Å². The van der Waals surface area contributed by atoms with Gasteiger partial charge in [0.05, 0.1) is 22.1 Å². The lowest BCUT2D eigenvalue weighted by Gasteiger charge is -2.55. The first-order valence-corrected chi connectivity index (χ1v) is 20.7. The quantitative estimate of drug-likeness (QED) is 0.130. The number of nitrogens with one attached hydrogen (secondary N) is 1. The minimum absolute atomic E-state index is 0.102. The molecule has 0 radical (unpaired) electrons. The van der Waals surface area contributed by atoms with Crippen LogP contribution in [0.5, 0.6) is 5.75 Å². The van der Waals surface area contributed by atoms with Crippen molar-refractivity contribution in [2.75, 3.05) is 0 Å². The first-order chi connectivity index (χ1) is 27.1. The third-order valence-electron chi connectivity index (χ3n) is 13.2. The van der Waals surface area contributed by atoms with Gasteiger partial charge < -0.3 is 15.0 Å². The standard InChI is InChI=1S/C49H52N4O3/c1-31-24-27-40-48(2,3)56-45-37-23-15-14-22-36(37)42-43(41(45)49(40,4)29-31)52-39-28-34(25-26-38(39)51-42)47(55)53(30-32-16-8-5-9-17-32)44(33-18-10-6-11-19-33)46(54)50-35-20-12-7-13-21-35/h5-6,8-11,14-19,22-23,25-26,28,31,35,40,44H,7,12-13,20-21,24,27,29-30H2,1-4H3,(H,50,54)/t31-,40+,44?,49-/m0/s1. The summed E-state index contributed by atoms with van der Waals surface area (Å²) in [6, 6.07) is 33.0. The highest BCUT2D eigenvalue weighted by Gasteiger charge is 2.54. The second-order valence-corrected chi connectivity index (χ2v) is 17.5. The number of benzene rings is 5. The van der Waals surface area contributed by atoms with E-state index >= 15 is 4.79 Å². The summed E-state index contributed by atoms with van der Waals surface area (Å²) in [5.74, 6) is 1.42. The number of amides is 2. The van der Waals surface area contributed by atoms with Crippen LogP contribution < -0.4 is 10.1 Å². The van der Waals surface area contributed by atoms with Gasteiger partial charge in [0.2, 0.25) is 5.91 Å². The van der Waals surface area contributed by atoms with Crippen LogP contribution in [0.15, 0.2) is 103 Å². The maximum absolute atomic E-state index is 15.1. The monoisotopic (exact) mass is 744 g/mol. The Kier molecular flexibility index (Phi) is 9.30. The van der Waals surface area contributed by atoms with Crippen molar-refractivity contribution in [3.63, 3.8) is 0 Å². The number of rotatable bonds is 7. The second kappa shape index (κ2) is 14.3. The van der Waals surface area contributed by atoms with E-state index < -0.39 is 6.04 Å². The minimum atomic E-state index is -0.826. The molecule has 7 nitrogen and oxygen atoms in total. The average Bonchev–Trinajstić information content (AvgIpc) is 3.20. The van der Waals surface area contributed by atoms with Crippen LogP contribution >= 0.6 is 0 Å². The zero-order valence-corrected chi connectivity index (χ0v) is 33.1. The van der Waals surface area contributed by atoms with Gasteiger partial charge in [0.1, 0.15) is 17.4 Å². The molecular formula is C49H52N4O3. The molecule has 2 saturated carbocycles. The highest BCUT2D eigenvalue weighted by molar-refractivity contribution is 6.11. The number of aromatic nitrogens is 2. The van der Waals surface area contributed by atoms with Crippen molar-refractivity contribution < 1.29 is 14.3 Å². The van der Waals surface area contributed by atoms with Crippen molar-refractivity contribution in [1.29, 1.82) is 0 Å². The number of ether oxygens (including phenoxy) is 1. The molecule has 9 rings (SSSR count). The lowest BCUT2D eigenvalue weighted by atomic mass is 9.55. The summed E-state index contributed by atoms with van der Waals surface area (Å²) in [6.07, 6.45) is 8.61. The van der Waals surface area contributed by atoms with Crippen LogP contribution in [0.4, 0.5) is 0 Å². The molecule has 1 aromatic heterocycles. The fraction of sp³-hybridized carbons (Fsp3) is 0.388. The van der Waals surface area contributed by atoms with Crippen molar-refractivity contribution in [2.45, 2.75) is 109 Å². The lowest BCUT2D eigenvalue weighted by molar-refractivity contribution is -0.127. The molecular weight excluding hydrogens is 693 g/mol. The number of nitrogens with zero attached hydrogens (tertiary/aromatic N) is 3. The molecule has 0 saturated heterocycles. The van der Waals surface area contributed by atoms with Gasteiger partial charge in [-0.05, 0) is 74.8 Å². The van der Waals surface area contributed by atoms with E-state index in [4.69, 9.17) is 14.7 Å². The Morgan fingerprint density at radius 2 is 1.46 bits per heavy atom. The van der Waals surface area contributed by atoms with E-state index in [9.17, 15) is 4.79 Å². The molecule has 6 aromatic rings. The van der Waals surface area contributed by atoms with Crippen LogP contribution in [0.25, 0.3) is 32.8 Å². The number of hydrogen-bond donors (Lipinski definition) is 1. The fourth-order valence-corrected chi connectivity index (χ4v) is 10.6. The molecule has 286 valence electrons. The van der Waals surface area contributed by atoms with Crippen molar-refractivity contribution >= 4 is 44.7 Å². The normalized spacial score (nSPS) is 22.5. The molecule has 3 aliphatic rings. The molecule has 1 unspecified atom stereocenters. The van der Waals surface area contributed by atoms with Gasteiger partial charge in [0.15, 0.2) is 0 Å². The third-order valence-corrected chi connectivity index (χ3v) is 13.2.